The molecular formula is C43H48Zr. The van der Waals surface area contributed by atoms with Crippen LogP contribution in [-0.4, -0.2) is 3.21 Å². The molecule has 0 bridgehead atoms. The first kappa shape index (κ1) is 34.0. The second kappa shape index (κ2) is 14.9. The average Bonchev–Trinajstić information content (AvgIpc) is 3.64. The Bertz CT molecular complexity index is 1500. The maximum atomic E-state index is 3.69. The quantitative estimate of drug-likeness (QED) is 0.169. The predicted octanol–water partition coefficient (Wildman–Crippen LogP) is 10.8. The van der Waals surface area contributed by atoms with Crippen molar-refractivity contribution in [1.82, 2.24) is 0 Å². The fraction of sp³-hybridized carbons (Fsp3) is 0.326. The Morgan fingerprint density at radius 2 is 1.27 bits per heavy atom. The van der Waals surface area contributed by atoms with E-state index in [9.17, 15) is 0 Å². The molecule has 0 N–H and O–H groups in total. The van der Waals surface area contributed by atoms with E-state index in [4.69, 9.17) is 0 Å². The van der Waals surface area contributed by atoms with Gasteiger partial charge >= 0.3 is 112 Å². The molecule has 1 heteroatoms. The van der Waals surface area contributed by atoms with Crippen LogP contribution < -0.4 is 0 Å². The fourth-order valence-corrected chi connectivity index (χ4v) is 7.11. The number of aryl methyl sites for hydroxylation is 2. The molecule has 0 radical (unpaired) electrons. The number of benzene rings is 4. The van der Waals surface area contributed by atoms with Crippen molar-refractivity contribution >= 4 is 3.21 Å². The average molecular weight is 656 g/mol. The van der Waals surface area contributed by atoms with Gasteiger partial charge in [-0.05, 0) is 35.4 Å². The van der Waals surface area contributed by atoms with Gasteiger partial charge in [-0.25, -0.2) is 12.2 Å². The van der Waals surface area contributed by atoms with E-state index in [1.165, 1.54) is 55.6 Å². The van der Waals surface area contributed by atoms with Crippen LogP contribution in [0, 0.1) is 26.0 Å². The monoisotopic (exact) mass is 654 g/mol. The Kier molecular flexibility index (Phi) is 11.5. The third-order valence-corrected chi connectivity index (χ3v) is 9.06. The first-order chi connectivity index (χ1) is 20.8. The van der Waals surface area contributed by atoms with E-state index in [1.54, 1.807) is 27.4 Å². The van der Waals surface area contributed by atoms with Crippen LogP contribution >= 0.6 is 0 Å². The van der Waals surface area contributed by atoms with Crippen molar-refractivity contribution < 1.29 is 24.2 Å². The van der Waals surface area contributed by atoms with Gasteiger partial charge in [-0.2, -0.15) is 23.8 Å². The van der Waals surface area contributed by atoms with Crippen LogP contribution in [0.15, 0.2) is 97.1 Å². The zero-order valence-electron chi connectivity index (χ0n) is 28.1. The number of hydrogen-bond acceptors (Lipinski definition) is 0. The molecule has 0 spiro atoms. The van der Waals surface area contributed by atoms with E-state index >= 15 is 0 Å². The number of fused-ring (bicyclic) bond motifs is 3. The number of rotatable bonds is 4. The Morgan fingerprint density at radius 1 is 0.727 bits per heavy atom. The van der Waals surface area contributed by atoms with Crippen LogP contribution in [0.25, 0.3) is 11.1 Å². The Morgan fingerprint density at radius 3 is 1.73 bits per heavy atom. The summed E-state index contributed by atoms with van der Waals surface area (Å²) in [7, 11) is 0. The Labute approximate surface area is 282 Å². The summed E-state index contributed by atoms with van der Waals surface area (Å²) in [4.78, 5) is 0. The zero-order chi connectivity index (χ0) is 31.9. The van der Waals surface area contributed by atoms with Gasteiger partial charge in [0.1, 0.15) is 0 Å². The first-order valence-electron chi connectivity index (χ1n) is 15.9. The van der Waals surface area contributed by atoms with Crippen molar-refractivity contribution in [2.75, 3.05) is 0 Å². The molecule has 0 fully saturated rings. The summed E-state index contributed by atoms with van der Waals surface area (Å²) in [6.07, 6.45) is 13.3. The molecular weight excluding hydrogens is 608 g/mol. The summed E-state index contributed by atoms with van der Waals surface area (Å²) in [5.74, 6) is 0. The molecule has 0 atom stereocenters. The van der Waals surface area contributed by atoms with Gasteiger partial charge < -0.3 is 0 Å². The second-order valence-electron chi connectivity index (χ2n) is 14.1. The molecule has 0 aliphatic heterocycles. The summed E-state index contributed by atoms with van der Waals surface area (Å²) in [6, 6.07) is 32.4. The zero-order valence-corrected chi connectivity index (χ0v) is 30.5. The van der Waals surface area contributed by atoms with Crippen LogP contribution in [0.4, 0.5) is 0 Å². The van der Waals surface area contributed by atoms with E-state index in [0.717, 1.165) is 25.7 Å². The van der Waals surface area contributed by atoms with Crippen molar-refractivity contribution in [2.24, 2.45) is 0 Å². The number of hydrogen-bond donors (Lipinski definition) is 0. The van der Waals surface area contributed by atoms with E-state index < -0.39 is 0 Å². The molecule has 224 valence electrons. The van der Waals surface area contributed by atoms with Crippen LogP contribution in [0.3, 0.4) is 0 Å². The summed E-state index contributed by atoms with van der Waals surface area (Å²) in [5, 5.41) is 0. The standard InChI is InChI=1S/C23H29.C15H14.C5H5.Zr/c1-14-9-16-11-17-10-15(2)21(23(6,7)8)13-19(17)18(16)12-20(14)22(3,4)5;1-3-8-14(9-4-1)12-7-13-15-10-5-2-6-11-15;1-2-4-5-3-1;/h9,12-13H,11H2,1-8H3;1-6,8-11H,12-13H2;1-3H,4H2;/q-1;;-1;+2. The molecule has 0 nitrogen and oxygen atoms in total. The third-order valence-electron chi connectivity index (χ3n) is 8.19. The van der Waals surface area contributed by atoms with Crippen LogP contribution in [0.1, 0.15) is 92.5 Å². The summed E-state index contributed by atoms with van der Waals surface area (Å²) >= 11 is 1.55. The number of allylic oxidation sites excluding steroid dienone is 4. The van der Waals surface area contributed by atoms with E-state index in [-0.39, 0.29) is 10.8 Å². The molecule has 44 heavy (non-hydrogen) atoms. The summed E-state index contributed by atoms with van der Waals surface area (Å²) < 4.78 is 1.60. The minimum atomic E-state index is 0.163. The Balaban J connectivity index is 0.000000181. The molecule has 2 aliphatic rings. The van der Waals surface area contributed by atoms with Crippen LogP contribution in [0.5, 0.6) is 0 Å². The van der Waals surface area contributed by atoms with Crippen molar-refractivity contribution in [3.63, 3.8) is 0 Å². The summed E-state index contributed by atoms with van der Waals surface area (Å²) in [5.41, 5.74) is 14.5. The van der Waals surface area contributed by atoms with Gasteiger partial charge in [-0.1, -0.05) is 71.6 Å². The van der Waals surface area contributed by atoms with Gasteiger partial charge in [0.25, 0.3) is 0 Å². The molecule has 6 rings (SSSR count). The fourth-order valence-electron chi connectivity index (χ4n) is 6.11. The van der Waals surface area contributed by atoms with Gasteiger partial charge in [0, 0.05) is 0 Å². The topological polar surface area (TPSA) is 0 Å². The van der Waals surface area contributed by atoms with Gasteiger partial charge in [0.15, 0.2) is 0 Å². The van der Waals surface area contributed by atoms with Gasteiger partial charge in [0.05, 0.1) is 0 Å². The third kappa shape index (κ3) is 9.31. The molecule has 0 saturated heterocycles. The second-order valence-corrected chi connectivity index (χ2v) is 15.9. The molecule has 0 heterocycles. The van der Waals surface area contributed by atoms with Gasteiger partial charge in [0.2, 0.25) is 0 Å². The molecule has 0 unspecified atom stereocenters. The van der Waals surface area contributed by atoms with Gasteiger partial charge in [-0.15, -0.1) is 23.1 Å². The molecule has 2 aliphatic carbocycles. The van der Waals surface area contributed by atoms with E-state index in [0.29, 0.717) is 0 Å². The molecule has 0 saturated carbocycles. The summed E-state index contributed by atoms with van der Waals surface area (Å²) in [6.45, 7) is 18.2. The van der Waals surface area contributed by atoms with Crippen LogP contribution in [-0.2, 0) is 54.3 Å². The molecule has 0 aromatic heterocycles. The van der Waals surface area contributed by atoms with Crippen molar-refractivity contribution in [1.29, 1.82) is 0 Å². The van der Waals surface area contributed by atoms with E-state index in [1.807, 2.05) is 12.2 Å². The molecule has 4 aromatic rings. The SMILES string of the molecule is Cc1[c-]c2c(cc1C(C)(C)C)-c1cc(C(C)(C)C)c(C)cc1C2.[C-]1=CC=CC1.[Zr+2]=[C](Cc1ccccc1)Cc1ccccc1. The van der Waals surface area contributed by atoms with Crippen LogP contribution in [0.2, 0.25) is 0 Å². The maximum absolute atomic E-state index is 3.69. The van der Waals surface area contributed by atoms with E-state index in [2.05, 4.69) is 152 Å². The van der Waals surface area contributed by atoms with Crippen molar-refractivity contribution in [3.05, 3.63) is 154 Å². The van der Waals surface area contributed by atoms with Crippen molar-refractivity contribution in [2.45, 2.75) is 91.9 Å². The first-order valence-corrected chi connectivity index (χ1v) is 17.1. The van der Waals surface area contributed by atoms with Gasteiger partial charge in [-0.3, -0.25) is 6.08 Å². The normalized spacial score (nSPS) is 13.0. The van der Waals surface area contributed by atoms with Crippen molar-refractivity contribution in [3.8, 4) is 11.1 Å². The predicted molar refractivity (Wildman–Crippen MR) is 187 cm³/mol. The molecule has 4 aromatic carbocycles. The minimum absolute atomic E-state index is 0.163. The Hall–Kier alpha value is -2.89. The molecule has 0 amide bonds.